The van der Waals surface area contributed by atoms with Crippen LogP contribution in [0.3, 0.4) is 0 Å². The molecule has 0 aliphatic rings. The highest BCUT2D eigenvalue weighted by Gasteiger charge is 2.19. The van der Waals surface area contributed by atoms with E-state index in [-0.39, 0.29) is 23.5 Å². The number of hydrogen-bond acceptors (Lipinski definition) is 4. The zero-order valence-electron chi connectivity index (χ0n) is 12.6. The molecule has 0 aliphatic carbocycles. The fraction of sp³-hybridized carbons (Fsp3) is 0.111. The Morgan fingerprint density at radius 1 is 1.13 bits per heavy atom. The number of hydrogen-bond donors (Lipinski definition) is 2. The summed E-state index contributed by atoms with van der Waals surface area (Å²) in [7, 11) is 0. The van der Waals surface area contributed by atoms with Crippen LogP contribution in [0, 0.1) is 0 Å². The summed E-state index contributed by atoms with van der Waals surface area (Å²) in [6, 6.07) is 11.6. The molecule has 0 spiro atoms. The van der Waals surface area contributed by atoms with E-state index in [0.29, 0.717) is 16.7 Å². The van der Waals surface area contributed by atoms with Gasteiger partial charge in [0, 0.05) is 16.7 Å². The monoisotopic (exact) mass is 312 g/mol. The first kappa shape index (κ1) is 16.3. The molecule has 2 aromatic carbocycles. The molecule has 0 unspecified atom stereocenters. The fourth-order valence-electron chi connectivity index (χ4n) is 2.12. The first-order chi connectivity index (χ1) is 10.9. The molecule has 118 valence electrons. The van der Waals surface area contributed by atoms with Crippen LogP contribution in [0.2, 0.25) is 0 Å². The molecular weight excluding hydrogens is 296 g/mol. The van der Waals surface area contributed by atoms with Gasteiger partial charge in [-0.25, -0.2) is 9.59 Å². The van der Waals surface area contributed by atoms with E-state index in [1.807, 2.05) is 6.07 Å². The van der Waals surface area contributed by atoms with Crippen LogP contribution in [0.5, 0.6) is 5.75 Å². The summed E-state index contributed by atoms with van der Waals surface area (Å²) in [6.45, 7) is 4.94. The largest absolute Gasteiger partial charge is 0.506 e. The van der Waals surface area contributed by atoms with Gasteiger partial charge in [0.25, 0.3) is 0 Å². The first-order valence-corrected chi connectivity index (χ1v) is 6.88. The summed E-state index contributed by atoms with van der Waals surface area (Å²) >= 11 is 0. The lowest BCUT2D eigenvalue weighted by molar-refractivity contribution is -0.140. The zero-order chi connectivity index (χ0) is 17.0. The lowest BCUT2D eigenvalue weighted by atomic mass is 9.96. The number of benzene rings is 2. The second-order valence-electron chi connectivity index (χ2n) is 5.02. The number of rotatable bonds is 5. The molecule has 0 fully saturated rings. The van der Waals surface area contributed by atoms with Crippen molar-refractivity contribution in [3.63, 3.8) is 0 Å². The molecule has 0 amide bonds. The van der Waals surface area contributed by atoms with Crippen molar-refractivity contribution in [2.24, 2.45) is 0 Å². The van der Waals surface area contributed by atoms with Gasteiger partial charge in [-0.1, -0.05) is 43.0 Å². The smallest absolute Gasteiger partial charge is 0.339 e. The van der Waals surface area contributed by atoms with E-state index >= 15 is 0 Å². The summed E-state index contributed by atoms with van der Waals surface area (Å²) in [5.41, 5.74) is 1.53. The standard InChI is InChI=1S/C18H16O5/c1-11(2)18(22)23-10-13-8-9-14(17(20)21)16(19)15(13)12-6-4-3-5-7-12/h3-9,19H,1,10H2,2H3,(H,20,21). The number of carboxylic acids is 1. The molecule has 0 atom stereocenters. The molecule has 2 N–H and O–H groups in total. The van der Waals surface area contributed by atoms with Gasteiger partial charge in [-0.2, -0.15) is 0 Å². The number of aromatic carboxylic acids is 1. The van der Waals surface area contributed by atoms with E-state index in [2.05, 4.69) is 6.58 Å². The molecule has 0 heterocycles. The Morgan fingerprint density at radius 2 is 1.78 bits per heavy atom. The van der Waals surface area contributed by atoms with Crippen molar-refractivity contribution < 1.29 is 24.5 Å². The quantitative estimate of drug-likeness (QED) is 0.653. The highest BCUT2D eigenvalue weighted by Crippen LogP contribution is 2.36. The molecule has 2 aromatic rings. The van der Waals surface area contributed by atoms with Crippen LogP contribution in [0.25, 0.3) is 11.1 Å². The molecule has 23 heavy (non-hydrogen) atoms. The van der Waals surface area contributed by atoms with E-state index in [4.69, 9.17) is 9.84 Å². The SMILES string of the molecule is C=C(C)C(=O)OCc1ccc(C(=O)O)c(O)c1-c1ccccc1. The van der Waals surface area contributed by atoms with Crippen molar-refractivity contribution in [2.45, 2.75) is 13.5 Å². The van der Waals surface area contributed by atoms with Crippen molar-refractivity contribution >= 4 is 11.9 Å². The van der Waals surface area contributed by atoms with Crippen LogP contribution in [-0.2, 0) is 16.1 Å². The van der Waals surface area contributed by atoms with Gasteiger partial charge >= 0.3 is 11.9 Å². The molecule has 2 rings (SSSR count). The van der Waals surface area contributed by atoms with E-state index < -0.39 is 11.9 Å². The van der Waals surface area contributed by atoms with E-state index in [1.165, 1.54) is 19.1 Å². The third-order valence-electron chi connectivity index (χ3n) is 3.26. The molecule has 0 aromatic heterocycles. The Hall–Kier alpha value is -3.08. The molecule has 0 bridgehead atoms. The molecular formula is C18H16O5. The van der Waals surface area contributed by atoms with Gasteiger partial charge in [0.1, 0.15) is 17.9 Å². The Kier molecular flexibility index (Phi) is 4.81. The van der Waals surface area contributed by atoms with Crippen LogP contribution in [0.4, 0.5) is 0 Å². The van der Waals surface area contributed by atoms with Crippen molar-refractivity contribution in [3.8, 4) is 16.9 Å². The Balaban J connectivity index is 2.50. The van der Waals surface area contributed by atoms with E-state index in [9.17, 15) is 14.7 Å². The molecule has 0 saturated carbocycles. The van der Waals surface area contributed by atoms with Gasteiger partial charge < -0.3 is 14.9 Å². The summed E-state index contributed by atoms with van der Waals surface area (Å²) in [4.78, 5) is 22.8. The lowest BCUT2D eigenvalue weighted by Gasteiger charge is -2.14. The van der Waals surface area contributed by atoms with Crippen LogP contribution >= 0.6 is 0 Å². The minimum atomic E-state index is -1.23. The molecule has 5 nitrogen and oxygen atoms in total. The molecule has 5 heteroatoms. The number of ether oxygens (including phenoxy) is 1. The van der Waals surface area contributed by atoms with Gasteiger partial charge in [-0.3, -0.25) is 0 Å². The molecule has 0 aliphatic heterocycles. The zero-order valence-corrected chi connectivity index (χ0v) is 12.6. The number of phenols is 1. The Labute approximate surface area is 133 Å². The van der Waals surface area contributed by atoms with Gasteiger partial charge in [0.05, 0.1) is 0 Å². The number of carbonyl (C=O) groups excluding carboxylic acids is 1. The maximum absolute atomic E-state index is 11.5. The normalized spacial score (nSPS) is 10.1. The van der Waals surface area contributed by atoms with Crippen LogP contribution in [0.15, 0.2) is 54.6 Å². The number of carboxylic acid groups (broad SMARTS) is 1. The molecule has 0 saturated heterocycles. The Morgan fingerprint density at radius 3 is 2.35 bits per heavy atom. The molecule has 0 radical (unpaired) electrons. The first-order valence-electron chi connectivity index (χ1n) is 6.88. The fourth-order valence-corrected chi connectivity index (χ4v) is 2.12. The van der Waals surface area contributed by atoms with Crippen LogP contribution < -0.4 is 0 Å². The average molecular weight is 312 g/mol. The van der Waals surface area contributed by atoms with Crippen molar-refractivity contribution in [2.75, 3.05) is 0 Å². The minimum Gasteiger partial charge on any atom is -0.506 e. The van der Waals surface area contributed by atoms with E-state index in [1.54, 1.807) is 24.3 Å². The van der Waals surface area contributed by atoms with Gasteiger partial charge in [0.2, 0.25) is 0 Å². The maximum Gasteiger partial charge on any atom is 0.339 e. The third kappa shape index (κ3) is 3.58. The Bertz CT molecular complexity index is 762. The predicted molar refractivity (Wildman–Crippen MR) is 85.1 cm³/mol. The second kappa shape index (κ2) is 6.79. The van der Waals surface area contributed by atoms with Crippen LogP contribution in [-0.4, -0.2) is 22.2 Å². The van der Waals surface area contributed by atoms with Gasteiger partial charge in [-0.05, 0) is 18.6 Å². The van der Waals surface area contributed by atoms with Gasteiger partial charge in [0.15, 0.2) is 0 Å². The highest BCUT2D eigenvalue weighted by molar-refractivity contribution is 5.95. The predicted octanol–water partition coefficient (Wildman–Crippen LogP) is 3.38. The summed E-state index contributed by atoms with van der Waals surface area (Å²) in [5, 5.41) is 19.5. The highest BCUT2D eigenvalue weighted by atomic mass is 16.5. The van der Waals surface area contributed by atoms with Crippen molar-refractivity contribution in [3.05, 3.63) is 65.7 Å². The van der Waals surface area contributed by atoms with Crippen molar-refractivity contribution in [1.82, 2.24) is 0 Å². The lowest BCUT2D eigenvalue weighted by Crippen LogP contribution is -2.07. The number of carbonyl (C=O) groups is 2. The van der Waals surface area contributed by atoms with Crippen LogP contribution in [0.1, 0.15) is 22.8 Å². The van der Waals surface area contributed by atoms with E-state index in [0.717, 1.165) is 0 Å². The summed E-state index contributed by atoms with van der Waals surface area (Å²) in [6.07, 6.45) is 0. The van der Waals surface area contributed by atoms with Gasteiger partial charge in [-0.15, -0.1) is 0 Å². The second-order valence-corrected chi connectivity index (χ2v) is 5.02. The summed E-state index contributed by atoms with van der Waals surface area (Å²) in [5.74, 6) is -2.14. The topological polar surface area (TPSA) is 83.8 Å². The number of aromatic hydroxyl groups is 1. The summed E-state index contributed by atoms with van der Waals surface area (Å²) < 4.78 is 5.11. The minimum absolute atomic E-state index is 0.0939. The van der Waals surface area contributed by atoms with Crippen molar-refractivity contribution in [1.29, 1.82) is 0 Å². The maximum atomic E-state index is 11.5. The third-order valence-corrected chi connectivity index (χ3v) is 3.26. The average Bonchev–Trinajstić information content (AvgIpc) is 2.52. The number of esters is 1.